The van der Waals surface area contributed by atoms with Crippen molar-refractivity contribution >= 4 is 5.97 Å². The molecule has 0 aromatic heterocycles. The second-order valence-electron chi connectivity index (χ2n) is 9.73. The molecule has 0 spiro atoms. The third kappa shape index (κ3) is 2.34. The molecule has 0 amide bonds. The van der Waals surface area contributed by atoms with E-state index in [0.717, 1.165) is 51.4 Å². The summed E-state index contributed by atoms with van der Waals surface area (Å²) < 4.78 is 5.51. The summed E-state index contributed by atoms with van der Waals surface area (Å²) in [6, 6.07) is 0. The molecule has 0 aromatic carbocycles. The molecule has 3 fully saturated rings. The van der Waals surface area contributed by atoms with Gasteiger partial charge in [-0.25, -0.2) is 0 Å². The Hall–Kier alpha value is -1.27. The van der Waals surface area contributed by atoms with E-state index in [4.69, 9.17) is 11.2 Å². The Bertz CT molecular complexity index is 688. The number of hydrogen-bond donors (Lipinski definition) is 1. The van der Waals surface area contributed by atoms with E-state index >= 15 is 0 Å². The van der Waals surface area contributed by atoms with Crippen molar-refractivity contribution in [3.05, 3.63) is 11.6 Å². The molecule has 4 aliphatic carbocycles. The molecule has 0 aromatic rings. The van der Waals surface area contributed by atoms with E-state index in [-0.39, 0.29) is 22.9 Å². The van der Waals surface area contributed by atoms with Crippen LogP contribution in [-0.2, 0) is 9.53 Å². The molecule has 26 heavy (non-hydrogen) atoms. The van der Waals surface area contributed by atoms with Crippen molar-refractivity contribution in [2.24, 2.45) is 28.6 Å². The first-order valence-corrected chi connectivity index (χ1v) is 10.3. The minimum absolute atomic E-state index is 0.0512. The number of rotatable bonds is 1. The van der Waals surface area contributed by atoms with Crippen LogP contribution in [0.3, 0.4) is 0 Å². The summed E-state index contributed by atoms with van der Waals surface area (Å²) in [7, 11) is 0. The van der Waals surface area contributed by atoms with Crippen molar-refractivity contribution < 1.29 is 14.6 Å². The van der Waals surface area contributed by atoms with Gasteiger partial charge < -0.3 is 9.84 Å². The number of carbonyl (C=O) groups is 1. The van der Waals surface area contributed by atoms with Crippen LogP contribution in [0.1, 0.15) is 72.1 Å². The van der Waals surface area contributed by atoms with Gasteiger partial charge in [0.25, 0.3) is 0 Å². The van der Waals surface area contributed by atoms with Gasteiger partial charge >= 0.3 is 5.97 Å². The van der Waals surface area contributed by atoms with Gasteiger partial charge in [-0.2, -0.15) is 0 Å². The molecule has 1 N–H and O–H groups in total. The van der Waals surface area contributed by atoms with Gasteiger partial charge in [0.2, 0.25) is 0 Å². The van der Waals surface area contributed by atoms with E-state index in [1.807, 2.05) is 0 Å². The molecular formula is C23H32O3. The molecule has 3 heteroatoms. The van der Waals surface area contributed by atoms with E-state index < -0.39 is 5.60 Å². The molecule has 0 saturated heterocycles. The van der Waals surface area contributed by atoms with Crippen LogP contribution < -0.4 is 0 Å². The molecule has 4 rings (SSSR count). The van der Waals surface area contributed by atoms with E-state index in [9.17, 15) is 9.90 Å². The standard InChI is InChI=1S/C23H32O3/c1-5-23(25)13-10-20-18-7-6-16-14-17(26-15(2)24)8-11-21(16,3)19(18)9-12-22(20,23)4/h1,6,17-20,25H,7-14H2,2-4H3/t17-,18-,19-,20-,21-,22-,23+/m1/s1. The van der Waals surface area contributed by atoms with Crippen LogP contribution in [-0.4, -0.2) is 22.8 Å². The Morgan fingerprint density at radius 2 is 1.96 bits per heavy atom. The van der Waals surface area contributed by atoms with Crippen molar-refractivity contribution in [2.75, 3.05) is 0 Å². The first-order chi connectivity index (χ1) is 12.2. The third-order valence-corrected chi connectivity index (χ3v) is 8.78. The van der Waals surface area contributed by atoms with Crippen molar-refractivity contribution in [3.63, 3.8) is 0 Å². The summed E-state index contributed by atoms with van der Waals surface area (Å²) >= 11 is 0. The largest absolute Gasteiger partial charge is 0.462 e. The van der Waals surface area contributed by atoms with Crippen LogP contribution in [0.15, 0.2) is 11.6 Å². The normalized spacial score (nSPS) is 49.9. The number of esters is 1. The highest BCUT2D eigenvalue weighted by Gasteiger charge is 2.63. The fraction of sp³-hybridized carbons (Fsp3) is 0.783. The number of hydrogen-bond acceptors (Lipinski definition) is 3. The molecule has 0 aliphatic heterocycles. The monoisotopic (exact) mass is 356 g/mol. The van der Waals surface area contributed by atoms with Gasteiger partial charge in [0.15, 0.2) is 0 Å². The molecule has 4 aliphatic rings. The average Bonchev–Trinajstić information content (AvgIpc) is 2.87. The molecule has 3 nitrogen and oxygen atoms in total. The number of fused-ring (bicyclic) bond motifs is 5. The van der Waals surface area contributed by atoms with Crippen LogP contribution in [0.2, 0.25) is 0 Å². The third-order valence-electron chi connectivity index (χ3n) is 8.78. The summed E-state index contributed by atoms with van der Waals surface area (Å²) in [6.45, 7) is 6.18. The molecule has 0 bridgehead atoms. The minimum atomic E-state index is -0.930. The van der Waals surface area contributed by atoms with Crippen molar-refractivity contribution in [3.8, 4) is 12.3 Å². The number of terminal acetylenes is 1. The highest BCUT2D eigenvalue weighted by atomic mass is 16.5. The number of aliphatic hydroxyl groups is 1. The molecule has 0 unspecified atom stereocenters. The Morgan fingerprint density at radius 3 is 2.65 bits per heavy atom. The maximum absolute atomic E-state index is 11.3. The quantitative estimate of drug-likeness (QED) is 0.434. The fourth-order valence-corrected chi connectivity index (χ4v) is 7.22. The van der Waals surface area contributed by atoms with Crippen molar-refractivity contribution in [1.29, 1.82) is 0 Å². The topological polar surface area (TPSA) is 46.5 Å². The zero-order valence-corrected chi connectivity index (χ0v) is 16.4. The minimum Gasteiger partial charge on any atom is -0.462 e. The number of carbonyl (C=O) groups excluding carboxylic acids is 1. The highest BCUT2D eigenvalue weighted by molar-refractivity contribution is 5.66. The van der Waals surface area contributed by atoms with E-state index in [1.165, 1.54) is 12.5 Å². The van der Waals surface area contributed by atoms with Gasteiger partial charge in [0.05, 0.1) is 0 Å². The maximum atomic E-state index is 11.3. The molecule has 142 valence electrons. The van der Waals surface area contributed by atoms with E-state index in [0.29, 0.717) is 17.8 Å². The van der Waals surface area contributed by atoms with Gasteiger partial charge in [0, 0.05) is 18.8 Å². The number of ether oxygens (including phenoxy) is 1. The lowest BCUT2D eigenvalue weighted by atomic mass is 9.47. The smallest absolute Gasteiger partial charge is 0.302 e. The summed E-state index contributed by atoms with van der Waals surface area (Å²) in [5.41, 5.74) is 0.655. The van der Waals surface area contributed by atoms with Crippen molar-refractivity contribution in [2.45, 2.75) is 83.8 Å². The Balaban J connectivity index is 1.61. The molecule has 0 radical (unpaired) electrons. The first-order valence-electron chi connectivity index (χ1n) is 10.3. The second-order valence-corrected chi connectivity index (χ2v) is 9.73. The number of allylic oxidation sites excluding steroid dienone is 1. The van der Waals surface area contributed by atoms with Crippen LogP contribution in [0, 0.1) is 40.9 Å². The fourth-order valence-electron chi connectivity index (χ4n) is 7.22. The summed E-state index contributed by atoms with van der Waals surface area (Å²) in [5.74, 6) is 4.39. The molecule has 7 atom stereocenters. The van der Waals surface area contributed by atoms with Crippen LogP contribution in [0.25, 0.3) is 0 Å². The zero-order chi connectivity index (χ0) is 18.7. The van der Waals surface area contributed by atoms with Gasteiger partial charge in [-0.05, 0) is 68.1 Å². The van der Waals surface area contributed by atoms with Gasteiger partial charge in [-0.3, -0.25) is 4.79 Å². The summed E-state index contributed by atoms with van der Waals surface area (Å²) in [5, 5.41) is 11.1. The first kappa shape index (κ1) is 18.1. The Labute approximate surface area is 157 Å². The van der Waals surface area contributed by atoms with Gasteiger partial charge in [-0.1, -0.05) is 31.4 Å². The lowest BCUT2D eigenvalue weighted by molar-refractivity contribution is -0.149. The Morgan fingerprint density at radius 1 is 1.23 bits per heavy atom. The molecule has 3 saturated carbocycles. The highest BCUT2D eigenvalue weighted by Crippen LogP contribution is 2.67. The lowest BCUT2D eigenvalue weighted by Gasteiger charge is -2.58. The SMILES string of the molecule is C#C[C@]1(O)CC[C@@H]2[C@@H]3CC=C4C[C@H](OC(C)=O)CC[C@@]4(C)[C@@H]3CC[C@]21C. The Kier molecular flexibility index (Phi) is 4.08. The average molecular weight is 357 g/mol. The van der Waals surface area contributed by atoms with E-state index in [1.54, 1.807) is 0 Å². The van der Waals surface area contributed by atoms with E-state index in [2.05, 4.69) is 25.8 Å². The summed E-state index contributed by atoms with van der Waals surface area (Å²) in [6.07, 6.45) is 16.3. The summed E-state index contributed by atoms with van der Waals surface area (Å²) in [4.78, 5) is 11.3. The van der Waals surface area contributed by atoms with Crippen LogP contribution in [0.5, 0.6) is 0 Å². The molecular weight excluding hydrogens is 324 g/mol. The predicted octanol–water partition coefficient (Wildman–Crippen LogP) is 4.25. The van der Waals surface area contributed by atoms with Crippen molar-refractivity contribution in [1.82, 2.24) is 0 Å². The van der Waals surface area contributed by atoms with Crippen LogP contribution in [0.4, 0.5) is 0 Å². The molecule has 0 heterocycles. The second kappa shape index (κ2) is 5.86. The maximum Gasteiger partial charge on any atom is 0.302 e. The predicted molar refractivity (Wildman–Crippen MR) is 101 cm³/mol. The van der Waals surface area contributed by atoms with Gasteiger partial charge in [-0.15, -0.1) is 6.42 Å². The lowest BCUT2D eigenvalue weighted by Crippen LogP contribution is -2.54. The van der Waals surface area contributed by atoms with Crippen LogP contribution >= 0.6 is 0 Å². The zero-order valence-electron chi connectivity index (χ0n) is 16.4. The van der Waals surface area contributed by atoms with Gasteiger partial charge in [0.1, 0.15) is 11.7 Å².